The summed E-state index contributed by atoms with van der Waals surface area (Å²) in [4.78, 5) is 25.1. The zero-order chi connectivity index (χ0) is 14.7. The van der Waals surface area contributed by atoms with E-state index in [2.05, 4.69) is 25.6 Å². The maximum Gasteiger partial charge on any atom is 0.270 e. The van der Waals surface area contributed by atoms with Crippen molar-refractivity contribution in [2.75, 3.05) is 12.4 Å². The highest BCUT2D eigenvalue weighted by Gasteiger charge is 2.42. The highest BCUT2D eigenvalue weighted by molar-refractivity contribution is 5.93. The minimum absolute atomic E-state index is 0.190. The molecule has 6 nitrogen and oxygen atoms in total. The van der Waals surface area contributed by atoms with Gasteiger partial charge in [0.25, 0.3) is 5.91 Å². The van der Waals surface area contributed by atoms with Crippen LogP contribution in [0.15, 0.2) is 36.8 Å². The second-order valence-electron chi connectivity index (χ2n) is 5.14. The van der Waals surface area contributed by atoms with Crippen LogP contribution in [0.25, 0.3) is 0 Å². The molecule has 0 bridgehead atoms. The predicted molar refractivity (Wildman–Crippen MR) is 78.8 cm³/mol. The smallest absolute Gasteiger partial charge is 0.270 e. The van der Waals surface area contributed by atoms with E-state index in [-0.39, 0.29) is 5.91 Å². The van der Waals surface area contributed by atoms with Gasteiger partial charge in [0.15, 0.2) is 5.82 Å². The molecule has 0 spiro atoms. The molecule has 1 amide bonds. The lowest BCUT2D eigenvalue weighted by molar-refractivity contribution is 0.0804. The van der Waals surface area contributed by atoms with E-state index in [0.29, 0.717) is 11.5 Å². The van der Waals surface area contributed by atoms with E-state index >= 15 is 0 Å². The standard InChI is InChI=1S/C15H17N5O/c1-16-11-4-5-12(19-10-11)13(21)20-15(6-2-7-15)14-17-8-3-9-18-14/h3-5,8-10,16H,2,6-7H2,1H3,(H,20,21). The van der Waals surface area contributed by atoms with Crippen LogP contribution in [-0.2, 0) is 5.54 Å². The van der Waals surface area contributed by atoms with Crippen molar-refractivity contribution in [1.29, 1.82) is 0 Å². The summed E-state index contributed by atoms with van der Waals surface area (Å²) in [5.74, 6) is 0.487. The summed E-state index contributed by atoms with van der Waals surface area (Å²) >= 11 is 0. The van der Waals surface area contributed by atoms with Crippen molar-refractivity contribution >= 4 is 11.6 Å². The van der Waals surface area contributed by atoms with Crippen molar-refractivity contribution < 1.29 is 4.79 Å². The summed E-state index contributed by atoms with van der Waals surface area (Å²) in [6.45, 7) is 0. The average Bonchev–Trinajstić information content (AvgIpc) is 2.51. The molecule has 3 rings (SSSR count). The summed E-state index contributed by atoms with van der Waals surface area (Å²) in [7, 11) is 1.81. The van der Waals surface area contributed by atoms with E-state index in [1.807, 2.05) is 13.1 Å². The lowest BCUT2D eigenvalue weighted by atomic mass is 9.76. The van der Waals surface area contributed by atoms with Crippen LogP contribution in [0, 0.1) is 0 Å². The Kier molecular flexibility index (Phi) is 3.51. The van der Waals surface area contributed by atoms with Crippen molar-refractivity contribution in [3.05, 3.63) is 48.3 Å². The SMILES string of the molecule is CNc1ccc(C(=O)NC2(c3ncccn3)CCC2)nc1. The highest BCUT2D eigenvalue weighted by Crippen LogP contribution is 2.39. The van der Waals surface area contributed by atoms with Crippen molar-refractivity contribution in [1.82, 2.24) is 20.3 Å². The fourth-order valence-electron chi connectivity index (χ4n) is 2.44. The van der Waals surface area contributed by atoms with Gasteiger partial charge in [-0.1, -0.05) is 0 Å². The zero-order valence-electron chi connectivity index (χ0n) is 11.8. The molecule has 0 aliphatic heterocycles. The second kappa shape index (κ2) is 5.47. The van der Waals surface area contributed by atoms with Crippen LogP contribution in [-0.4, -0.2) is 27.9 Å². The number of hydrogen-bond donors (Lipinski definition) is 2. The molecule has 0 unspecified atom stereocenters. The van der Waals surface area contributed by atoms with Gasteiger partial charge in [-0.15, -0.1) is 0 Å². The van der Waals surface area contributed by atoms with Crippen LogP contribution in [0.5, 0.6) is 0 Å². The van der Waals surface area contributed by atoms with E-state index in [0.717, 1.165) is 24.9 Å². The van der Waals surface area contributed by atoms with E-state index in [1.54, 1.807) is 30.7 Å². The first kappa shape index (κ1) is 13.5. The summed E-state index contributed by atoms with van der Waals surface area (Å²) in [5.41, 5.74) is 0.828. The molecule has 2 aromatic heterocycles. The minimum atomic E-state index is -0.443. The molecule has 2 N–H and O–H groups in total. The highest BCUT2D eigenvalue weighted by atomic mass is 16.2. The van der Waals surface area contributed by atoms with Crippen LogP contribution in [0.1, 0.15) is 35.6 Å². The first-order valence-electron chi connectivity index (χ1n) is 6.97. The van der Waals surface area contributed by atoms with Gasteiger partial charge in [-0.3, -0.25) is 4.79 Å². The van der Waals surface area contributed by atoms with Crippen molar-refractivity contribution in [3.8, 4) is 0 Å². The van der Waals surface area contributed by atoms with E-state index in [9.17, 15) is 4.79 Å². The lowest BCUT2D eigenvalue weighted by Crippen LogP contribution is -2.52. The minimum Gasteiger partial charge on any atom is -0.387 e. The van der Waals surface area contributed by atoms with Crippen LogP contribution < -0.4 is 10.6 Å². The molecule has 2 aromatic rings. The van der Waals surface area contributed by atoms with Gasteiger partial charge in [-0.05, 0) is 37.5 Å². The maximum atomic E-state index is 12.4. The number of hydrogen-bond acceptors (Lipinski definition) is 5. The van der Waals surface area contributed by atoms with E-state index in [4.69, 9.17) is 0 Å². The van der Waals surface area contributed by atoms with Crippen LogP contribution in [0.4, 0.5) is 5.69 Å². The van der Waals surface area contributed by atoms with E-state index < -0.39 is 5.54 Å². The number of nitrogens with one attached hydrogen (secondary N) is 2. The van der Waals surface area contributed by atoms with Gasteiger partial charge in [0.05, 0.1) is 11.9 Å². The summed E-state index contributed by atoms with van der Waals surface area (Å²) in [5, 5.41) is 6.03. The zero-order valence-corrected chi connectivity index (χ0v) is 11.8. The largest absolute Gasteiger partial charge is 0.387 e. The number of aromatic nitrogens is 3. The Hall–Kier alpha value is -2.50. The number of amides is 1. The molecule has 0 aromatic carbocycles. The maximum absolute atomic E-state index is 12.4. The molecule has 0 radical (unpaired) electrons. The Labute approximate surface area is 123 Å². The topological polar surface area (TPSA) is 79.8 Å². The van der Waals surface area contributed by atoms with Crippen molar-refractivity contribution in [2.24, 2.45) is 0 Å². The predicted octanol–water partition coefficient (Wildman–Crippen LogP) is 1.72. The van der Waals surface area contributed by atoms with Crippen LogP contribution >= 0.6 is 0 Å². The Morgan fingerprint density at radius 2 is 1.95 bits per heavy atom. The molecule has 1 fully saturated rings. The number of pyridine rings is 1. The Morgan fingerprint density at radius 3 is 2.48 bits per heavy atom. The molecular weight excluding hydrogens is 266 g/mol. The van der Waals surface area contributed by atoms with Gasteiger partial charge in [-0.25, -0.2) is 15.0 Å². The van der Waals surface area contributed by atoms with Gasteiger partial charge in [-0.2, -0.15) is 0 Å². The molecule has 1 saturated carbocycles. The van der Waals surface area contributed by atoms with Gasteiger partial charge >= 0.3 is 0 Å². The number of nitrogens with zero attached hydrogens (tertiary/aromatic N) is 3. The van der Waals surface area contributed by atoms with Gasteiger partial charge < -0.3 is 10.6 Å². The normalized spacial score (nSPS) is 15.9. The van der Waals surface area contributed by atoms with Crippen LogP contribution in [0.3, 0.4) is 0 Å². The number of carbonyl (C=O) groups excluding carboxylic acids is 1. The Morgan fingerprint density at radius 1 is 1.19 bits per heavy atom. The molecular formula is C15H17N5O. The molecule has 2 heterocycles. The number of anilines is 1. The first-order chi connectivity index (χ1) is 10.2. The number of carbonyl (C=O) groups is 1. The van der Waals surface area contributed by atoms with Crippen LogP contribution in [0.2, 0.25) is 0 Å². The fraction of sp³-hybridized carbons (Fsp3) is 0.333. The Balaban J connectivity index is 1.79. The van der Waals surface area contributed by atoms with E-state index in [1.165, 1.54) is 0 Å². The third-order valence-corrected chi connectivity index (χ3v) is 3.84. The monoisotopic (exact) mass is 283 g/mol. The third-order valence-electron chi connectivity index (χ3n) is 3.84. The summed E-state index contributed by atoms with van der Waals surface area (Å²) < 4.78 is 0. The fourth-order valence-corrected chi connectivity index (χ4v) is 2.44. The van der Waals surface area contributed by atoms with Gasteiger partial charge in [0.1, 0.15) is 11.2 Å². The third kappa shape index (κ3) is 2.56. The van der Waals surface area contributed by atoms with Crippen molar-refractivity contribution in [2.45, 2.75) is 24.8 Å². The first-order valence-corrected chi connectivity index (χ1v) is 6.97. The molecule has 108 valence electrons. The molecule has 6 heteroatoms. The molecule has 0 atom stereocenters. The Bertz CT molecular complexity index is 622. The molecule has 0 saturated heterocycles. The second-order valence-corrected chi connectivity index (χ2v) is 5.14. The van der Waals surface area contributed by atoms with Gasteiger partial charge in [0, 0.05) is 19.4 Å². The average molecular weight is 283 g/mol. The molecule has 1 aliphatic rings. The summed E-state index contributed by atoms with van der Waals surface area (Å²) in [6.07, 6.45) is 7.82. The van der Waals surface area contributed by atoms with Crippen molar-refractivity contribution in [3.63, 3.8) is 0 Å². The number of rotatable bonds is 4. The quantitative estimate of drug-likeness (QED) is 0.893. The molecule has 21 heavy (non-hydrogen) atoms. The molecule has 1 aliphatic carbocycles. The van der Waals surface area contributed by atoms with Gasteiger partial charge in [0.2, 0.25) is 0 Å². The summed E-state index contributed by atoms with van der Waals surface area (Å²) in [6, 6.07) is 5.31. The lowest BCUT2D eigenvalue weighted by Gasteiger charge is -2.40.